The highest BCUT2D eigenvalue weighted by atomic mass is 79.9. The summed E-state index contributed by atoms with van der Waals surface area (Å²) in [6.45, 7) is 0.110. The van der Waals surface area contributed by atoms with Crippen molar-refractivity contribution in [3.63, 3.8) is 0 Å². The van der Waals surface area contributed by atoms with Gasteiger partial charge in [-0.1, -0.05) is 15.9 Å². The van der Waals surface area contributed by atoms with Crippen molar-refractivity contribution in [2.24, 2.45) is 0 Å². The number of hydroxylamine groups is 1. The van der Waals surface area contributed by atoms with Crippen LogP contribution in [0.1, 0.15) is 10.4 Å². The third kappa shape index (κ3) is 2.56. The zero-order valence-electron chi connectivity index (χ0n) is 8.70. The molecule has 90 valence electrons. The van der Waals surface area contributed by atoms with E-state index in [1.807, 2.05) is 0 Å². The summed E-state index contributed by atoms with van der Waals surface area (Å²) in [6.07, 6.45) is 0. The van der Waals surface area contributed by atoms with Gasteiger partial charge in [0.1, 0.15) is 12.6 Å². The second-order valence-electron chi connectivity index (χ2n) is 3.53. The van der Waals surface area contributed by atoms with Crippen molar-refractivity contribution < 1.29 is 14.4 Å². The van der Waals surface area contributed by atoms with Gasteiger partial charge in [0.15, 0.2) is 0 Å². The largest absolute Gasteiger partial charge is 0.398 e. The summed E-state index contributed by atoms with van der Waals surface area (Å²) >= 11 is 3.25. The number of nitrogens with one attached hydrogen (secondary N) is 2. The van der Waals surface area contributed by atoms with Crippen LogP contribution < -0.4 is 16.5 Å². The molecule has 0 spiro atoms. The normalized spacial score (nSPS) is 18.9. The second kappa shape index (κ2) is 4.72. The van der Waals surface area contributed by atoms with Gasteiger partial charge in [-0.25, -0.2) is 5.48 Å². The van der Waals surface area contributed by atoms with Crippen LogP contribution >= 0.6 is 15.9 Å². The minimum atomic E-state index is -0.680. The van der Waals surface area contributed by atoms with Crippen molar-refractivity contribution in [2.45, 2.75) is 6.04 Å². The maximum atomic E-state index is 11.9. The Labute approximate surface area is 106 Å². The second-order valence-corrected chi connectivity index (χ2v) is 4.45. The van der Waals surface area contributed by atoms with Crippen LogP contribution in [0.3, 0.4) is 0 Å². The fourth-order valence-electron chi connectivity index (χ4n) is 1.41. The Morgan fingerprint density at radius 2 is 2.35 bits per heavy atom. The topological polar surface area (TPSA) is 93.5 Å². The van der Waals surface area contributed by atoms with Crippen LogP contribution in [0.4, 0.5) is 5.69 Å². The molecule has 0 aliphatic carbocycles. The number of carbonyl (C=O) groups is 2. The molecule has 0 saturated carbocycles. The monoisotopic (exact) mass is 299 g/mol. The van der Waals surface area contributed by atoms with Crippen LogP contribution in [0.2, 0.25) is 0 Å². The minimum absolute atomic E-state index is 0.110. The molecule has 1 fully saturated rings. The van der Waals surface area contributed by atoms with Crippen molar-refractivity contribution in [3.8, 4) is 0 Å². The van der Waals surface area contributed by atoms with E-state index in [2.05, 4.69) is 26.7 Å². The zero-order valence-corrected chi connectivity index (χ0v) is 10.3. The molecule has 0 radical (unpaired) electrons. The molecule has 6 nitrogen and oxygen atoms in total. The lowest BCUT2D eigenvalue weighted by molar-refractivity contribution is -0.125. The predicted molar refractivity (Wildman–Crippen MR) is 63.9 cm³/mol. The minimum Gasteiger partial charge on any atom is -0.398 e. The molecule has 0 aromatic heterocycles. The van der Waals surface area contributed by atoms with E-state index in [0.717, 1.165) is 4.47 Å². The molecule has 0 unspecified atom stereocenters. The molecule has 17 heavy (non-hydrogen) atoms. The van der Waals surface area contributed by atoms with E-state index in [-0.39, 0.29) is 12.5 Å². The van der Waals surface area contributed by atoms with Gasteiger partial charge in [-0.2, -0.15) is 0 Å². The molecule has 1 aromatic carbocycles. The van der Waals surface area contributed by atoms with Crippen LogP contribution in [0.15, 0.2) is 22.7 Å². The number of carbonyl (C=O) groups excluding carboxylic acids is 2. The first kappa shape index (κ1) is 11.9. The lowest BCUT2D eigenvalue weighted by Crippen LogP contribution is -2.41. The zero-order chi connectivity index (χ0) is 12.4. The highest BCUT2D eigenvalue weighted by molar-refractivity contribution is 9.10. The van der Waals surface area contributed by atoms with Gasteiger partial charge >= 0.3 is 0 Å². The Morgan fingerprint density at radius 3 is 3.00 bits per heavy atom. The van der Waals surface area contributed by atoms with Crippen molar-refractivity contribution >= 4 is 33.4 Å². The van der Waals surface area contributed by atoms with Crippen molar-refractivity contribution in [3.05, 3.63) is 28.2 Å². The van der Waals surface area contributed by atoms with Gasteiger partial charge < -0.3 is 11.1 Å². The van der Waals surface area contributed by atoms with E-state index >= 15 is 0 Å². The van der Waals surface area contributed by atoms with Gasteiger partial charge in [-0.15, -0.1) is 0 Å². The molecule has 1 heterocycles. The molecular weight excluding hydrogens is 290 g/mol. The van der Waals surface area contributed by atoms with E-state index in [1.54, 1.807) is 18.2 Å². The fraction of sp³-hybridized carbons (Fsp3) is 0.200. The average molecular weight is 300 g/mol. The van der Waals surface area contributed by atoms with Crippen molar-refractivity contribution in [1.29, 1.82) is 0 Å². The number of anilines is 1. The van der Waals surface area contributed by atoms with Crippen LogP contribution in [0.5, 0.6) is 0 Å². The average Bonchev–Trinajstić information content (AvgIpc) is 2.68. The number of hydrogen-bond donors (Lipinski definition) is 3. The number of nitrogen functional groups attached to an aromatic ring is 1. The quantitative estimate of drug-likeness (QED) is 0.680. The smallest absolute Gasteiger partial charge is 0.268 e. The number of rotatable bonds is 2. The van der Waals surface area contributed by atoms with Gasteiger partial charge in [0, 0.05) is 10.2 Å². The summed E-state index contributed by atoms with van der Waals surface area (Å²) < 4.78 is 0.740. The molecule has 4 N–H and O–H groups in total. The van der Waals surface area contributed by atoms with E-state index in [1.165, 1.54) is 0 Å². The van der Waals surface area contributed by atoms with Crippen LogP contribution in [-0.4, -0.2) is 24.5 Å². The summed E-state index contributed by atoms with van der Waals surface area (Å²) in [6, 6.07) is 4.26. The van der Waals surface area contributed by atoms with Gasteiger partial charge in [-0.3, -0.25) is 14.4 Å². The first-order valence-corrected chi connectivity index (χ1v) is 5.65. The first-order valence-electron chi connectivity index (χ1n) is 4.85. The molecule has 2 rings (SSSR count). The molecule has 1 aliphatic rings. The third-order valence-corrected chi connectivity index (χ3v) is 2.80. The molecular formula is C10H10BrN3O3. The molecule has 1 atom stereocenters. The van der Waals surface area contributed by atoms with E-state index < -0.39 is 11.9 Å². The number of hydrogen-bond acceptors (Lipinski definition) is 4. The molecule has 1 aromatic rings. The van der Waals surface area contributed by atoms with Gasteiger partial charge in [0.25, 0.3) is 11.8 Å². The van der Waals surface area contributed by atoms with E-state index in [0.29, 0.717) is 11.3 Å². The molecule has 2 amide bonds. The summed E-state index contributed by atoms with van der Waals surface area (Å²) in [5, 5.41) is 2.54. The summed E-state index contributed by atoms with van der Waals surface area (Å²) in [5.74, 6) is -0.777. The maximum absolute atomic E-state index is 11.9. The lowest BCUT2D eigenvalue weighted by atomic mass is 10.1. The molecule has 1 aliphatic heterocycles. The summed E-state index contributed by atoms with van der Waals surface area (Å²) in [5.41, 5.74) is 8.51. The third-order valence-electron chi connectivity index (χ3n) is 2.30. The predicted octanol–water partition coefficient (Wildman–Crippen LogP) is 0.191. The molecule has 7 heteroatoms. The lowest BCUT2D eigenvalue weighted by Gasteiger charge is -2.10. The first-order chi connectivity index (χ1) is 8.08. The number of halogens is 1. The molecule has 0 bridgehead atoms. The Bertz CT molecular complexity index is 478. The Kier molecular flexibility index (Phi) is 3.30. The number of benzene rings is 1. The SMILES string of the molecule is Nc1ccc(Br)cc1C(=O)N[C@@H]1CONC1=O. The van der Waals surface area contributed by atoms with Gasteiger partial charge in [-0.05, 0) is 18.2 Å². The van der Waals surface area contributed by atoms with Crippen molar-refractivity contribution in [1.82, 2.24) is 10.8 Å². The van der Waals surface area contributed by atoms with Crippen LogP contribution in [0.25, 0.3) is 0 Å². The van der Waals surface area contributed by atoms with Crippen LogP contribution in [0, 0.1) is 0 Å². The Hall–Kier alpha value is -1.60. The summed E-state index contributed by atoms with van der Waals surface area (Å²) in [4.78, 5) is 27.8. The Balaban J connectivity index is 2.14. The highest BCUT2D eigenvalue weighted by Gasteiger charge is 2.27. The van der Waals surface area contributed by atoms with Crippen LogP contribution in [-0.2, 0) is 9.63 Å². The van der Waals surface area contributed by atoms with Crippen molar-refractivity contribution in [2.75, 3.05) is 12.3 Å². The fourth-order valence-corrected chi connectivity index (χ4v) is 1.77. The highest BCUT2D eigenvalue weighted by Crippen LogP contribution is 2.18. The number of nitrogens with two attached hydrogens (primary N) is 1. The van der Waals surface area contributed by atoms with Gasteiger partial charge in [0.2, 0.25) is 0 Å². The summed E-state index contributed by atoms with van der Waals surface area (Å²) in [7, 11) is 0. The molecule has 1 saturated heterocycles. The van der Waals surface area contributed by atoms with E-state index in [9.17, 15) is 9.59 Å². The van der Waals surface area contributed by atoms with E-state index in [4.69, 9.17) is 10.6 Å². The number of amides is 2. The Morgan fingerprint density at radius 1 is 1.59 bits per heavy atom. The standard InChI is InChI=1S/C10H10BrN3O3/c11-5-1-2-7(12)6(3-5)9(15)13-8-4-17-14-10(8)16/h1-3,8H,4,12H2,(H,13,15)(H,14,16)/t8-/m1/s1. The maximum Gasteiger partial charge on any atom is 0.268 e. The van der Waals surface area contributed by atoms with Gasteiger partial charge in [0.05, 0.1) is 5.56 Å².